The van der Waals surface area contributed by atoms with Gasteiger partial charge in [0.15, 0.2) is 0 Å². The quantitative estimate of drug-likeness (QED) is 0.584. The first-order valence-electron chi connectivity index (χ1n) is 3.99. The number of rotatable bonds is 2. The van der Waals surface area contributed by atoms with E-state index in [9.17, 15) is 4.79 Å². The molecule has 3 nitrogen and oxygen atoms in total. The molecule has 0 amide bonds. The number of ether oxygens (including phenoxy) is 1. The van der Waals surface area contributed by atoms with Crippen LogP contribution in [0.15, 0.2) is 18.3 Å². The molecule has 1 N–H and O–H groups in total. The Balaban J connectivity index is 2.78. The predicted molar refractivity (Wildman–Crippen MR) is 52.2 cm³/mol. The summed E-state index contributed by atoms with van der Waals surface area (Å²) in [5.74, 6) is -0.332. The van der Waals surface area contributed by atoms with Gasteiger partial charge in [0.2, 0.25) is 0 Å². The molecule has 13 heavy (non-hydrogen) atoms. The second-order valence-electron chi connectivity index (χ2n) is 2.90. The molecule has 0 saturated carbocycles. The lowest BCUT2D eigenvalue weighted by Crippen LogP contribution is -2.11. The largest absolute Gasteiger partial charge is 0.459 e. The molecule has 0 aromatic carbocycles. The molecule has 0 atom stereocenters. The fourth-order valence-electron chi connectivity index (χ4n) is 0.820. The van der Waals surface area contributed by atoms with Crippen molar-refractivity contribution in [2.24, 2.45) is 0 Å². The molecule has 1 heterocycles. The van der Waals surface area contributed by atoms with Gasteiger partial charge in [-0.3, -0.25) is 0 Å². The van der Waals surface area contributed by atoms with Crippen LogP contribution in [0.1, 0.15) is 24.2 Å². The zero-order valence-electron chi connectivity index (χ0n) is 7.53. The van der Waals surface area contributed by atoms with Gasteiger partial charge in [0.25, 0.3) is 0 Å². The summed E-state index contributed by atoms with van der Waals surface area (Å²) in [6.07, 6.45) is 1.45. The minimum absolute atomic E-state index is 0.101. The molecular weight excluding hydrogens is 186 g/mol. The molecule has 0 aliphatic heterocycles. The summed E-state index contributed by atoms with van der Waals surface area (Å²) in [7, 11) is 0. The van der Waals surface area contributed by atoms with Gasteiger partial charge in [-0.25, -0.2) is 4.79 Å². The lowest BCUT2D eigenvalue weighted by Gasteiger charge is -2.06. The SMILES string of the molecule is CC(C)OC(=O)c1ccc(=S)[nH]c1. The van der Waals surface area contributed by atoms with Gasteiger partial charge in [-0.05, 0) is 26.0 Å². The van der Waals surface area contributed by atoms with Crippen LogP contribution < -0.4 is 0 Å². The number of H-pyrrole nitrogens is 1. The summed E-state index contributed by atoms with van der Waals surface area (Å²) < 4.78 is 5.58. The van der Waals surface area contributed by atoms with Gasteiger partial charge in [-0.1, -0.05) is 12.2 Å². The molecule has 0 unspecified atom stereocenters. The van der Waals surface area contributed by atoms with E-state index in [0.717, 1.165) is 0 Å². The van der Waals surface area contributed by atoms with Crippen molar-refractivity contribution in [1.82, 2.24) is 4.98 Å². The second-order valence-corrected chi connectivity index (χ2v) is 3.34. The first-order chi connectivity index (χ1) is 6.09. The Bertz CT molecular complexity index is 336. The molecule has 0 aliphatic rings. The summed E-state index contributed by atoms with van der Waals surface area (Å²) in [4.78, 5) is 14.1. The van der Waals surface area contributed by atoms with Crippen LogP contribution in [0.3, 0.4) is 0 Å². The van der Waals surface area contributed by atoms with Crippen LogP contribution in [0.4, 0.5) is 0 Å². The Morgan fingerprint density at radius 1 is 1.54 bits per heavy atom. The van der Waals surface area contributed by atoms with Crippen molar-refractivity contribution in [2.45, 2.75) is 20.0 Å². The molecule has 70 valence electrons. The van der Waals surface area contributed by atoms with Crippen LogP contribution in [0.25, 0.3) is 0 Å². The van der Waals surface area contributed by atoms with E-state index >= 15 is 0 Å². The minimum Gasteiger partial charge on any atom is -0.459 e. The number of nitrogens with one attached hydrogen (secondary N) is 1. The highest BCUT2D eigenvalue weighted by molar-refractivity contribution is 7.71. The van der Waals surface area contributed by atoms with Gasteiger partial charge < -0.3 is 9.72 Å². The molecule has 1 aromatic heterocycles. The van der Waals surface area contributed by atoms with Gasteiger partial charge in [0, 0.05) is 6.20 Å². The highest BCUT2D eigenvalue weighted by atomic mass is 32.1. The molecule has 0 saturated heterocycles. The molecule has 1 rings (SSSR count). The standard InChI is InChI=1S/C9H11NO2S/c1-6(2)12-9(11)7-3-4-8(13)10-5-7/h3-6H,1-2H3,(H,10,13). The maximum absolute atomic E-state index is 11.3. The Morgan fingerprint density at radius 2 is 2.23 bits per heavy atom. The third-order valence-corrected chi connectivity index (χ3v) is 1.62. The predicted octanol–water partition coefficient (Wildman–Crippen LogP) is 2.31. The fourth-order valence-corrected chi connectivity index (χ4v) is 0.947. The topological polar surface area (TPSA) is 42.1 Å². The lowest BCUT2D eigenvalue weighted by atomic mass is 10.3. The molecule has 4 heteroatoms. The molecule has 0 fully saturated rings. The normalized spacial score (nSPS) is 10.1. The maximum Gasteiger partial charge on any atom is 0.339 e. The zero-order chi connectivity index (χ0) is 9.84. The third-order valence-electron chi connectivity index (χ3n) is 1.36. The van der Waals surface area contributed by atoms with Crippen molar-refractivity contribution in [3.63, 3.8) is 0 Å². The number of aromatic amines is 1. The van der Waals surface area contributed by atoms with E-state index in [-0.39, 0.29) is 12.1 Å². The van der Waals surface area contributed by atoms with Crippen molar-refractivity contribution in [2.75, 3.05) is 0 Å². The summed E-state index contributed by atoms with van der Waals surface area (Å²) in [5, 5.41) is 0. The number of aromatic nitrogens is 1. The lowest BCUT2D eigenvalue weighted by molar-refractivity contribution is 0.0377. The van der Waals surface area contributed by atoms with E-state index in [1.807, 2.05) is 13.8 Å². The van der Waals surface area contributed by atoms with E-state index in [1.54, 1.807) is 18.3 Å². The molecule has 1 aromatic rings. The fraction of sp³-hybridized carbons (Fsp3) is 0.333. The molecular formula is C9H11NO2S. The van der Waals surface area contributed by atoms with E-state index in [4.69, 9.17) is 17.0 Å². The first kappa shape index (κ1) is 9.92. The number of carbonyl (C=O) groups excluding carboxylic acids is 1. The van der Waals surface area contributed by atoms with Gasteiger partial charge >= 0.3 is 5.97 Å². The van der Waals surface area contributed by atoms with Gasteiger partial charge in [0.1, 0.15) is 4.64 Å². The van der Waals surface area contributed by atoms with E-state index in [2.05, 4.69) is 4.98 Å². The average Bonchev–Trinajstić information content (AvgIpc) is 2.04. The van der Waals surface area contributed by atoms with E-state index in [0.29, 0.717) is 10.2 Å². The van der Waals surface area contributed by atoms with E-state index in [1.165, 1.54) is 0 Å². The van der Waals surface area contributed by atoms with Gasteiger partial charge in [-0.15, -0.1) is 0 Å². The maximum atomic E-state index is 11.3. The number of carbonyl (C=O) groups is 1. The van der Waals surface area contributed by atoms with Gasteiger partial charge in [-0.2, -0.15) is 0 Å². The van der Waals surface area contributed by atoms with E-state index < -0.39 is 0 Å². The number of hydrogen-bond donors (Lipinski definition) is 1. The number of esters is 1. The highest BCUT2D eigenvalue weighted by Crippen LogP contribution is 2.02. The average molecular weight is 197 g/mol. The van der Waals surface area contributed by atoms with Crippen LogP contribution >= 0.6 is 12.2 Å². The molecule has 0 aliphatic carbocycles. The Hall–Kier alpha value is -1.16. The van der Waals surface area contributed by atoms with Crippen LogP contribution in [-0.2, 0) is 4.74 Å². The van der Waals surface area contributed by atoms with Crippen LogP contribution in [0.5, 0.6) is 0 Å². The van der Waals surface area contributed by atoms with Crippen LogP contribution in [0, 0.1) is 4.64 Å². The molecule has 0 spiro atoms. The minimum atomic E-state index is -0.332. The number of pyridine rings is 1. The molecule has 0 bridgehead atoms. The van der Waals surface area contributed by atoms with Crippen LogP contribution in [-0.4, -0.2) is 17.1 Å². The zero-order valence-corrected chi connectivity index (χ0v) is 8.35. The van der Waals surface area contributed by atoms with Crippen molar-refractivity contribution in [1.29, 1.82) is 0 Å². The van der Waals surface area contributed by atoms with Crippen molar-refractivity contribution in [3.05, 3.63) is 28.5 Å². The van der Waals surface area contributed by atoms with Crippen molar-refractivity contribution in [3.8, 4) is 0 Å². The summed E-state index contributed by atoms with van der Waals surface area (Å²) >= 11 is 4.84. The highest BCUT2D eigenvalue weighted by Gasteiger charge is 2.07. The third kappa shape index (κ3) is 2.99. The Kier molecular flexibility index (Phi) is 3.19. The first-order valence-corrected chi connectivity index (χ1v) is 4.40. The monoisotopic (exact) mass is 197 g/mol. The van der Waals surface area contributed by atoms with Crippen molar-refractivity contribution >= 4 is 18.2 Å². The smallest absolute Gasteiger partial charge is 0.339 e. The summed E-state index contributed by atoms with van der Waals surface area (Å²) in [6, 6.07) is 3.30. The molecule has 0 radical (unpaired) electrons. The van der Waals surface area contributed by atoms with Crippen LogP contribution in [0.2, 0.25) is 0 Å². The number of hydrogen-bond acceptors (Lipinski definition) is 3. The van der Waals surface area contributed by atoms with Crippen molar-refractivity contribution < 1.29 is 9.53 Å². The Morgan fingerprint density at radius 3 is 2.69 bits per heavy atom. The Labute approximate surface area is 81.7 Å². The van der Waals surface area contributed by atoms with Gasteiger partial charge in [0.05, 0.1) is 11.7 Å². The summed E-state index contributed by atoms with van der Waals surface area (Å²) in [6.45, 7) is 3.62. The summed E-state index contributed by atoms with van der Waals surface area (Å²) in [5.41, 5.74) is 0.488. The second kappa shape index (κ2) is 4.18.